The Balaban J connectivity index is 1.30. The Morgan fingerprint density at radius 3 is 2.39 bits per heavy atom. The molecule has 1 aromatic carbocycles. The third kappa shape index (κ3) is 9.54. The Morgan fingerprint density at radius 2 is 1.74 bits per heavy atom. The average Bonchev–Trinajstić information content (AvgIpc) is 3.03. The maximum atomic E-state index is 13.6. The van der Waals surface area contributed by atoms with Gasteiger partial charge < -0.3 is 20.1 Å². The monoisotopic (exact) mass is 657 g/mol. The molecular weight excluding hydrogens is 620 g/mol. The van der Waals surface area contributed by atoms with Crippen LogP contribution in [-0.4, -0.2) is 94.1 Å². The van der Waals surface area contributed by atoms with E-state index in [1.807, 2.05) is 17.0 Å². The van der Waals surface area contributed by atoms with Crippen LogP contribution in [0.15, 0.2) is 42.7 Å². The number of piperazine rings is 1. The van der Waals surface area contributed by atoms with Crippen molar-refractivity contribution in [3.8, 4) is 22.9 Å². The van der Waals surface area contributed by atoms with E-state index in [-0.39, 0.29) is 28.8 Å². The summed E-state index contributed by atoms with van der Waals surface area (Å²) in [6.07, 6.45) is 2.48. The van der Waals surface area contributed by atoms with Crippen molar-refractivity contribution >= 4 is 29.4 Å². The van der Waals surface area contributed by atoms with E-state index < -0.39 is 12.4 Å². The first-order chi connectivity index (χ1) is 22.1. The number of carbonyl (C=O) groups is 2. The Labute approximate surface area is 271 Å². The van der Waals surface area contributed by atoms with Gasteiger partial charge in [0.15, 0.2) is 5.75 Å². The van der Waals surface area contributed by atoms with Crippen LogP contribution in [0.4, 0.5) is 14.7 Å². The lowest BCUT2D eigenvalue weighted by Gasteiger charge is -2.34. The van der Waals surface area contributed by atoms with E-state index in [0.717, 1.165) is 44.6 Å². The van der Waals surface area contributed by atoms with Gasteiger partial charge in [0.05, 0.1) is 24.5 Å². The number of halogens is 3. The molecule has 2 saturated heterocycles. The van der Waals surface area contributed by atoms with E-state index in [1.54, 1.807) is 18.5 Å². The lowest BCUT2D eigenvalue weighted by Crippen LogP contribution is -2.47. The van der Waals surface area contributed by atoms with E-state index >= 15 is 0 Å². The minimum Gasteiger partial charge on any atom is -0.481 e. The van der Waals surface area contributed by atoms with Crippen LogP contribution >= 0.6 is 11.6 Å². The van der Waals surface area contributed by atoms with Crippen molar-refractivity contribution in [3.05, 3.63) is 58.9 Å². The highest BCUT2D eigenvalue weighted by Crippen LogP contribution is 2.32. The van der Waals surface area contributed by atoms with Crippen LogP contribution in [-0.2, 0) is 16.1 Å². The molecular formula is C32H38ClF2N7O4. The number of likely N-dealkylation sites (tertiary alicyclic amines) is 1. The van der Waals surface area contributed by atoms with Gasteiger partial charge in [-0.15, -0.1) is 0 Å². The van der Waals surface area contributed by atoms with E-state index in [1.165, 1.54) is 19.1 Å². The first kappa shape index (κ1) is 33.4. The molecule has 1 amide bonds. The molecule has 246 valence electrons. The minimum atomic E-state index is -2.68. The number of hydrogen-bond acceptors (Lipinski definition) is 9. The summed E-state index contributed by atoms with van der Waals surface area (Å²) in [4.78, 5) is 42.2. The molecule has 11 nitrogen and oxygen atoms in total. The van der Waals surface area contributed by atoms with Gasteiger partial charge in [-0.1, -0.05) is 11.6 Å². The molecule has 2 fully saturated rings. The van der Waals surface area contributed by atoms with Crippen molar-refractivity contribution in [1.29, 1.82) is 0 Å². The maximum Gasteiger partial charge on any atom is 0.304 e. The summed E-state index contributed by atoms with van der Waals surface area (Å²) in [7, 11) is 0. The number of aliphatic carboxylic acids is 1. The van der Waals surface area contributed by atoms with Crippen LogP contribution in [0.25, 0.3) is 11.3 Å². The first-order valence-electron chi connectivity index (χ1n) is 15.4. The van der Waals surface area contributed by atoms with Gasteiger partial charge >= 0.3 is 5.97 Å². The van der Waals surface area contributed by atoms with Crippen LogP contribution in [0.3, 0.4) is 0 Å². The molecule has 4 heterocycles. The number of hydrogen-bond donors (Lipinski definition) is 2. The van der Waals surface area contributed by atoms with Crippen molar-refractivity contribution in [3.63, 3.8) is 0 Å². The van der Waals surface area contributed by atoms with Gasteiger partial charge in [-0.3, -0.25) is 19.4 Å². The van der Waals surface area contributed by atoms with Crippen molar-refractivity contribution in [2.75, 3.05) is 57.3 Å². The van der Waals surface area contributed by atoms with Crippen LogP contribution in [0, 0.1) is 5.92 Å². The fraction of sp³-hybridized carbons (Fsp3) is 0.469. The molecule has 0 bridgehead atoms. The molecule has 14 heteroatoms. The third-order valence-electron chi connectivity index (χ3n) is 8.22. The van der Waals surface area contributed by atoms with Gasteiger partial charge in [-0.25, -0.2) is 23.7 Å². The van der Waals surface area contributed by atoms with Gasteiger partial charge in [-0.05, 0) is 61.7 Å². The molecule has 0 saturated carbocycles. The van der Waals surface area contributed by atoms with Crippen LogP contribution in [0.1, 0.15) is 43.7 Å². The lowest BCUT2D eigenvalue weighted by atomic mass is 9.96. The molecule has 2 aromatic heterocycles. The molecule has 2 aliphatic heterocycles. The molecule has 0 aliphatic carbocycles. The Hall–Kier alpha value is -3.94. The zero-order valence-electron chi connectivity index (χ0n) is 25.7. The van der Waals surface area contributed by atoms with Crippen molar-refractivity contribution < 1.29 is 28.2 Å². The molecule has 0 atom stereocenters. The topological polar surface area (TPSA) is 124 Å². The minimum absolute atomic E-state index is 0.0249. The van der Waals surface area contributed by atoms with Gasteiger partial charge in [0.1, 0.15) is 0 Å². The van der Waals surface area contributed by atoms with Crippen LogP contribution in [0.5, 0.6) is 11.6 Å². The number of carboxylic acids is 1. The number of nitrogens with zero attached hydrogens (tertiary/aromatic N) is 6. The summed E-state index contributed by atoms with van der Waals surface area (Å²) < 4.78 is 33.3. The molecule has 0 spiro atoms. The van der Waals surface area contributed by atoms with Crippen LogP contribution in [0.2, 0.25) is 5.02 Å². The number of amides is 1. The van der Waals surface area contributed by atoms with E-state index in [4.69, 9.17) is 21.4 Å². The molecule has 2 N–H and O–H groups in total. The Bertz CT molecular complexity index is 1500. The number of carbonyl (C=O) groups excluding carboxylic acids is 1. The predicted octanol–water partition coefficient (Wildman–Crippen LogP) is 4.87. The number of pyridine rings is 1. The SMILES string of the molecule is CC(=O)NCC1CCN(Cc2cc(Oc3cnc(N4CCN(CCC(=O)O)CC4)nc3)nc(-c3cc(Cl)cc(C(F)F)c3)c2)CC1. The van der Waals surface area contributed by atoms with Gasteiger partial charge in [0.25, 0.3) is 6.43 Å². The average molecular weight is 658 g/mol. The number of piperidine rings is 1. The van der Waals surface area contributed by atoms with E-state index in [9.17, 15) is 18.4 Å². The van der Waals surface area contributed by atoms with Gasteiger partial charge in [0.2, 0.25) is 17.7 Å². The molecule has 5 rings (SSSR count). The fourth-order valence-corrected chi connectivity index (χ4v) is 5.95. The Kier molecular flexibility index (Phi) is 11.3. The third-order valence-corrected chi connectivity index (χ3v) is 8.43. The highest BCUT2D eigenvalue weighted by atomic mass is 35.5. The fourth-order valence-electron chi connectivity index (χ4n) is 5.70. The quantitative estimate of drug-likeness (QED) is 0.279. The van der Waals surface area contributed by atoms with Gasteiger partial charge in [0, 0.05) is 75.0 Å². The van der Waals surface area contributed by atoms with Gasteiger partial charge in [-0.2, -0.15) is 0 Å². The number of benzene rings is 1. The largest absolute Gasteiger partial charge is 0.481 e. The summed E-state index contributed by atoms with van der Waals surface area (Å²) >= 11 is 6.21. The van der Waals surface area contributed by atoms with Crippen molar-refractivity contribution in [1.82, 2.24) is 30.1 Å². The normalized spacial score (nSPS) is 16.5. The number of rotatable bonds is 12. The summed E-state index contributed by atoms with van der Waals surface area (Å²) in [6.45, 7) is 7.82. The highest BCUT2D eigenvalue weighted by Gasteiger charge is 2.22. The van der Waals surface area contributed by atoms with E-state index in [0.29, 0.717) is 61.6 Å². The molecule has 2 aliphatic rings. The highest BCUT2D eigenvalue weighted by molar-refractivity contribution is 6.31. The first-order valence-corrected chi connectivity index (χ1v) is 15.7. The zero-order valence-corrected chi connectivity index (χ0v) is 26.4. The van der Waals surface area contributed by atoms with E-state index in [2.05, 4.69) is 30.1 Å². The number of aromatic nitrogens is 3. The summed E-state index contributed by atoms with van der Waals surface area (Å²) in [5.74, 6) is 0.789. The molecule has 3 aromatic rings. The standard InChI is InChI=1S/C32H38ClF2N7O4/c1-21(43)36-17-22-2-5-41(6-3-22)20-23-12-28(24-14-25(31(34)35)16-26(33)15-24)39-29(13-23)46-27-18-37-32(38-19-27)42-10-8-40(9-11-42)7-4-30(44)45/h12-16,18-19,22,31H,2-11,17,20H2,1H3,(H,36,43)(H,44,45). The molecule has 46 heavy (non-hydrogen) atoms. The lowest BCUT2D eigenvalue weighted by molar-refractivity contribution is -0.137. The zero-order chi connectivity index (χ0) is 32.6. The molecule has 0 unspecified atom stereocenters. The summed E-state index contributed by atoms with van der Waals surface area (Å²) in [5, 5.41) is 12.0. The summed E-state index contributed by atoms with van der Waals surface area (Å²) in [5.41, 5.74) is 1.62. The number of alkyl halides is 2. The number of nitrogens with one attached hydrogen (secondary N) is 1. The second-order valence-electron chi connectivity index (χ2n) is 11.7. The second kappa shape index (κ2) is 15.6. The Morgan fingerprint density at radius 1 is 1.02 bits per heavy atom. The second-order valence-corrected chi connectivity index (χ2v) is 12.2. The maximum absolute atomic E-state index is 13.6. The van der Waals surface area contributed by atoms with Crippen molar-refractivity contribution in [2.45, 2.75) is 39.2 Å². The summed E-state index contributed by atoms with van der Waals surface area (Å²) in [6, 6.07) is 7.94. The predicted molar refractivity (Wildman–Crippen MR) is 169 cm³/mol. The number of anilines is 1. The van der Waals surface area contributed by atoms with Crippen LogP contribution < -0.4 is 15.0 Å². The number of ether oxygens (including phenoxy) is 1. The number of carboxylic acid groups (broad SMARTS) is 1. The smallest absolute Gasteiger partial charge is 0.304 e. The van der Waals surface area contributed by atoms with Crippen molar-refractivity contribution in [2.24, 2.45) is 5.92 Å². The molecule has 0 radical (unpaired) electrons.